The van der Waals surface area contributed by atoms with Crippen LogP contribution in [0.5, 0.6) is 0 Å². The van der Waals surface area contributed by atoms with Gasteiger partial charge in [0.1, 0.15) is 6.10 Å². The number of hydrogen-bond donors (Lipinski definition) is 0. The summed E-state index contributed by atoms with van der Waals surface area (Å²) in [5, 5.41) is 0. The van der Waals surface area contributed by atoms with Crippen LogP contribution in [-0.2, 0) is 47.5 Å². The van der Waals surface area contributed by atoms with E-state index < -0.39 is 5.41 Å². The van der Waals surface area contributed by atoms with Crippen LogP contribution in [-0.4, -0.2) is 76.2 Å². The van der Waals surface area contributed by atoms with E-state index in [2.05, 4.69) is 69.2 Å². The van der Waals surface area contributed by atoms with Gasteiger partial charge in [0.15, 0.2) is 12.6 Å². The van der Waals surface area contributed by atoms with Gasteiger partial charge < -0.3 is 33.2 Å². The van der Waals surface area contributed by atoms with E-state index >= 15 is 0 Å². The number of unbranched alkanes of at least 4 members (excludes halogenated alkanes) is 30. The van der Waals surface area contributed by atoms with Crippen LogP contribution in [0, 0.1) is 11.3 Å². The number of hydrogen-bond acceptors (Lipinski definition) is 10. The van der Waals surface area contributed by atoms with Crippen LogP contribution < -0.4 is 0 Å². The predicted molar refractivity (Wildman–Crippen MR) is 338 cm³/mol. The first-order valence-electron chi connectivity index (χ1n) is 34.9. The predicted octanol–water partition coefficient (Wildman–Crippen LogP) is 21.4. The lowest BCUT2D eigenvalue weighted by molar-refractivity contribution is -0.162. The van der Waals surface area contributed by atoms with E-state index in [4.69, 9.17) is 33.2 Å². The Morgan fingerprint density at radius 2 is 0.625 bits per heavy atom. The Morgan fingerprint density at radius 3 is 0.900 bits per heavy atom. The van der Waals surface area contributed by atoms with E-state index in [1.54, 1.807) is 0 Å². The van der Waals surface area contributed by atoms with Gasteiger partial charge in [-0.05, 0) is 89.9 Å². The third kappa shape index (κ3) is 56.7. The molecule has 0 aromatic carbocycles. The van der Waals surface area contributed by atoms with E-state index in [-0.39, 0.29) is 36.6 Å². The van der Waals surface area contributed by atoms with Gasteiger partial charge in [0, 0.05) is 39.3 Å². The number of ether oxygens (including phenoxy) is 7. The van der Waals surface area contributed by atoms with Crippen LogP contribution in [0.25, 0.3) is 0 Å². The third-order valence-corrected chi connectivity index (χ3v) is 15.9. The summed E-state index contributed by atoms with van der Waals surface area (Å²) in [6, 6.07) is 0. The average Bonchev–Trinajstić information content (AvgIpc) is 3.45. The lowest BCUT2D eigenvalue weighted by atomic mass is 9.83. The second-order valence-electron chi connectivity index (χ2n) is 24.2. The highest BCUT2D eigenvalue weighted by molar-refractivity contribution is 5.76. The van der Waals surface area contributed by atoms with Crippen LogP contribution in [0.3, 0.4) is 0 Å². The van der Waals surface area contributed by atoms with E-state index in [1.807, 2.05) is 0 Å². The molecule has 0 saturated carbocycles. The molecule has 0 aromatic rings. The quantitative estimate of drug-likeness (QED) is 0.0252. The van der Waals surface area contributed by atoms with Gasteiger partial charge in [-0.3, -0.25) is 14.4 Å². The first-order valence-corrected chi connectivity index (χ1v) is 34.9. The van der Waals surface area contributed by atoms with Crippen molar-refractivity contribution in [2.24, 2.45) is 11.3 Å². The molecule has 0 aliphatic carbocycles. The molecule has 0 amide bonds. The summed E-state index contributed by atoms with van der Waals surface area (Å²) in [5.74, 6) is 0.532. The fraction of sp³-hybridized carbons (Fsp3) is 0.957. The maximum atomic E-state index is 13.5. The fourth-order valence-electron chi connectivity index (χ4n) is 9.70. The van der Waals surface area contributed by atoms with Crippen LogP contribution in [0.4, 0.5) is 0 Å². The summed E-state index contributed by atoms with van der Waals surface area (Å²) in [4.78, 5) is 38.8. The normalized spacial score (nSPS) is 12.4. The van der Waals surface area contributed by atoms with E-state index in [0.717, 1.165) is 141 Å². The highest BCUT2D eigenvalue weighted by Gasteiger charge is 2.33. The number of esters is 3. The monoisotopic (exact) mass is 1140 g/mol. The first-order chi connectivity index (χ1) is 39.0. The zero-order valence-electron chi connectivity index (χ0n) is 55.2. The van der Waals surface area contributed by atoms with E-state index in [1.165, 1.54) is 135 Å². The summed E-state index contributed by atoms with van der Waals surface area (Å²) >= 11 is 0. The van der Waals surface area contributed by atoms with Gasteiger partial charge in [0.05, 0.1) is 31.5 Å². The molecule has 0 N–H and O–H groups in total. The smallest absolute Gasteiger partial charge is 0.312 e. The molecular weight excluding hydrogens is 1000 g/mol. The standard InChI is InChI=1S/C65H126O10.C5H12/c1-8-14-18-22-32-42-55-71-62(72-56-43-33-23-19-15-9-2)50-48-60(66)69-53-40-36-28-26-30-38-46-59(75-64(68)65(7,13-6)52-12-5)47-39-31-27-29-37-41-54-70-61(67)49-51-63(73-57-44-34-24-20-16-10-3)74-58-45-35-25-21-17-11-4;1-4-5(2)3/h59,62-63H,8-58H2,1-7H3;5H,4H2,1-3H3. The summed E-state index contributed by atoms with van der Waals surface area (Å²) in [6.07, 6.45) is 48.6. The second-order valence-corrected chi connectivity index (χ2v) is 24.2. The minimum absolute atomic E-state index is 0.0326. The maximum absolute atomic E-state index is 13.5. The molecule has 0 aromatic heterocycles. The van der Waals surface area contributed by atoms with E-state index in [0.29, 0.717) is 65.3 Å². The van der Waals surface area contributed by atoms with Crippen LogP contribution in [0.15, 0.2) is 0 Å². The van der Waals surface area contributed by atoms with Crippen LogP contribution >= 0.6 is 0 Å². The zero-order valence-corrected chi connectivity index (χ0v) is 55.2. The van der Waals surface area contributed by atoms with Crippen molar-refractivity contribution < 1.29 is 47.5 Å². The lowest BCUT2D eigenvalue weighted by Crippen LogP contribution is -2.32. The summed E-state index contributed by atoms with van der Waals surface area (Å²) < 4.78 is 42.0. The van der Waals surface area contributed by atoms with Crippen molar-refractivity contribution in [1.29, 1.82) is 0 Å². The van der Waals surface area contributed by atoms with Crippen molar-refractivity contribution in [3.8, 4) is 0 Å². The Hall–Kier alpha value is -1.75. The number of carbonyl (C=O) groups excluding carboxylic acids is 3. The molecule has 478 valence electrons. The second kappa shape index (κ2) is 63.3. The van der Waals surface area contributed by atoms with Gasteiger partial charge in [-0.1, -0.05) is 255 Å². The SMILES string of the molecule is CCC(C)C.CCCCCCCCOC(CCC(=O)OCCCCCCCCC(CCCCCCCCOC(=O)CCC(OCCCCCCCC)OCCCCCCCC)OC(=O)C(C)(CC)CCC)OCCCCCCCC. The molecule has 0 rings (SSSR count). The molecule has 0 aliphatic rings. The molecule has 10 nitrogen and oxygen atoms in total. The molecule has 80 heavy (non-hydrogen) atoms. The topological polar surface area (TPSA) is 116 Å². The van der Waals surface area contributed by atoms with Crippen molar-refractivity contribution in [1.82, 2.24) is 0 Å². The Kier molecular flexibility index (Phi) is 63.5. The molecule has 0 heterocycles. The van der Waals surface area contributed by atoms with Crippen LogP contribution in [0.1, 0.15) is 365 Å². The zero-order chi connectivity index (χ0) is 59.3. The minimum atomic E-state index is -0.423. The summed E-state index contributed by atoms with van der Waals surface area (Å²) in [6.45, 7) is 25.6. The molecule has 0 saturated heterocycles. The Bertz CT molecular complexity index is 1170. The number of rotatable bonds is 62. The average molecular weight is 1140 g/mol. The molecule has 0 radical (unpaired) electrons. The van der Waals surface area contributed by atoms with Crippen molar-refractivity contribution in [2.75, 3.05) is 39.6 Å². The molecule has 1 atom stereocenters. The van der Waals surface area contributed by atoms with Crippen LogP contribution in [0.2, 0.25) is 0 Å². The molecule has 10 heteroatoms. The van der Waals surface area contributed by atoms with Crippen molar-refractivity contribution >= 4 is 17.9 Å². The third-order valence-electron chi connectivity index (χ3n) is 15.9. The summed E-state index contributed by atoms with van der Waals surface area (Å²) in [7, 11) is 0. The van der Waals surface area contributed by atoms with Gasteiger partial charge in [-0.25, -0.2) is 0 Å². The van der Waals surface area contributed by atoms with Crippen molar-refractivity contribution in [3.05, 3.63) is 0 Å². The summed E-state index contributed by atoms with van der Waals surface area (Å²) in [5.41, 5.74) is -0.423. The van der Waals surface area contributed by atoms with Gasteiger partial charge in [-0.2, -0.15) is 0 Å². The highest BCUT2D eigenvalue weighted by Crippen LogP contribution is 2.31. The molecule has 0 aliphatic heterocycles. The first kappa shape index (κ1) is 80.3. The highest BCUT2D eigenvalue weighted by atomic mass is 16.7. The molecular formula is C70H138O10. The molecule has 0 spiro atoms. The largest absolute Gasteiger partial charge is 0.466 e. The Morgan fingerprint density at radius 1 is 0.350 bits per heavy atom. The molecule has 1 unspecified atom stereocenters. The maximum Gasteiger partial charge on any atom is 0.312 e. The molecule has 0 bridgehead atoms. The van der Waals surface area contributed by atoms with Gasteiger partial charge >= 0.3 is 17.9 Å². The van der Waals surface area contributed by atoms with Gasteiger partial charge in [-0.15, -0.1) is 0 Å². The molecule has 0 fully saturated rings. The van der Waals surface area contributed by atoms with Gasteiger partial charge in [0.25, 0.3) is 0 Å². The van der Waals surface area contributed by atoms with E-state index in [9.17, 15) is 14.4 Å². The Labute approximate surface area is 497 Å². The van der Waals surface area contributed by atoms with Crippen molar-refractivity contribution in [2.45, 2.75) is 383 Å². The fourth-order valence-corrected chi connectivity index (χ4v) is 9.70. The lowest BCUT2D eigenvalue weighted by Gasteiger charge is -2.28. The minimum Gasteiger partial charge on any atom is -0.466 e. The van der Waals surface area contributed by atoms with Crippen molar-refractivity contribution in [3.63, 3.8) is 0 Å². The van der Waals surface area contributed by atoms with Gasteiger partial charge in [0.2, 0.25) is 0 Å². The number of carbonyl (C=O) groups is 3. The Balaban J connectivity index is 0.